The summed E-state index contributed by atoms with van der Waals surface area (Å²) in [6.45, 7) is 4.95. The lowest BCUT2D eigenvalue weighted by Gasteiger charge is -2.55. The summed E-state index contributed by atoms with van der Waals surface area (Å²) in [6, 6.07) is 12.1. The molecule has 2 saturated heterocycles. The predicted molar refractivity (Wildman–Crippen MR) is 126 cm³/mol. The molecule has 0 unspecified atom stereocenters. The van der Waals surface area contributed by atoms with Crippen LogP contribution in [-0.4, -0.2) is 51.8 Å². The van der Waals surface area contributed by atoms with Gasteiger partial charge < -0.3 is 15.0 Å². The summed E-state index contributed by atoms with van der Waals surface area (Å²) in [7, 11) is 0. The molecule has 2 aliphatic heterocycles. The second-order valence-corrected chi connectivity index (χ2v) is 9.32. The Morgan fingerprint density at radius 3 is 2.61 bits per heavy atom. The Labute approximate surface area is 203 Å². The number of ether oxygens (including phenoxy) is 1. The SMILES string of the molecule is Cc1cc(-c2ccccc2C(F)(F)F)nn2c(C(=O)Nc3cccc(N4CC5(COC5)C4)n3)cnc12. The first kappa shape index (κ1) is 22.5. The van der Waals surface area contributed by atoms with Gasteiger partial charge in [0.25, 0.3) is 5.91 Å². The lowest BCUT2D eigenvalue weighted by Crippen LogP contribution is -2.66. The fourth-order valence-electron chi connectivity index (χ4n) is 4.71. The van der Waals surface area contributed by atoms with Gasteiger partial charge >= 0.3 is 6.18 Å². The number of carbonyl (C=O) groups excluding carboxylic acids is 1. The van der Waals surface area contributed by atoms with Gasteiger partial charge in [0, 0.05) is 18.7 Å². The van der Waals surface area contributed by atoms with Crippen molar-refractivity contribution in [3.8, 4) is 11.3 Å². The Morgan fingerprint density at radius 2 is 1.89 bits per heavy atom. The van der Waals surface area contributed by atoms with E-state index < -0.39 is 17.6 Å². The lowest BCUT2D eigenvalue weighted by atomic mass is 9.78. The third-order valence-electron chi connectivity index (χ3n) is 6.56. The van der Waals surface area contributed by atoms with Crippen molar-refractivity contribution in [3.63, 3.8) is 0 Å². The number of hydrogen-bond donors (Lipinski definition) is 1. The van der Waals surface area contributed by atoms with Crippen LogP contribution in [0.25, 0.3) is 16.9 Å². The number of alkyl halides is 3. The second-order valence-electron chi connectivity index (χ2n) is 9.32. The number of pyridine rings is 1. The molecule has 6 rings (SSSR count). The summed E-state index contributed by atoms with van der Waals surface area (Å²) < 4.78 is 47.4. The number of aryl methyl sites for hydroxylation is 1. The molecular formula is C25H21F3N6O2. The number of nitrogens with one attached hydrogen (secondary N) is 1. The smallest absolute Gasteiger partial charge is 0.380 e. The summed E-state index contributed by atoms with van der Waals surface area (Å²) in [5.74, 6) is 0.588. The van der Waals surface area contributed by atoms with E-state index >= 15 is 0 Å². The Balaban J connectivity index is 1.30. The zero-order valence-electron chi connectivity index (χ0n) is 19.2. The fourth-order valence-corrected chi connectivity index (χ4v) is 4.71. The second kappa shape index (κ2) is 8.02. The zero-order valence-corrected chi connectivity index (χ0v) is 19.2. The molecular weight excluding hydrogens is 473 g/mol. The van der Waals surface area contributed by atoms with Crippen molar-refractivity contribution >= 4 is 23.2 Å². The number of aromatic nitrogens is 4. The highest BCUT2D eigenvalue weighted by molar-refractivity contribution is 6.03. The molecule has 1 aromatic carbocycles. The molecule has 2 aliphatic rings. The summed E-state index contributed by atoms with van der Waals surface area (Å²) in [4.78, 5) is 24.1. The van der Waals surface area contributed by atoms with Gasteiger partial charge in [-0.05, 0) is 36.8 Å². The number of nitrogens with zero attached hydrogens (tertiary/aromatic N) is 5. The van der Waals surface area contributed by atoms with E-state index in [1.807, 2.05) is 12.1 Å². The molecule has 4 aromatic rings. The molecule has 1 amide bonds. The molecule has 184 valence electrons. The van der Waals surface area contributed by atoms with Crippen molar-refractivity contribution in [1.29, 1.82) is 0 Å². The highest BCUT2D eigenvalue weighted by Crippen LogP contribution is 2.40. The third kappa shape index (κ3) is 3.76. The van der Waals surface area contributed by atoms with E-state index in [2.05, 4.69) is 25.3 Å². The van der Waals surface area contributed by atoms with Gasteiger partial charge in [0.05, 0.1) is 36.1 Å². The minimum Gasteiger partial charge on any atom is -0.380 e. The number of benzene rings is 1. The van der Waals surface area contributed by atoms with Crippen molar-refractivity contribution in [1.82, 2.24) is 19.6 Å². The van der Waals surface area contributed by atoms with Crippen LogP contribution in [0.4, 0.5) is 24.8 Å². The average Bonchev–Trinajstić information content (AvgIpc) is 3.22. The molecule has 0 atom stereocenters. The highest BCUT2D eigenvalue weighted by Gasteiger charge is 2.49. The molecule has 36 heavy (non-hydrogen) atoms. The number of rotatable bonds is 4. The molecule has 0 saturated carbocycles. The summed E-state index contributed by atoms with van der Waals surface area (Å²) >= 11 is 0. The maximum absolute atomic E-state index is 13.6. The van der Waals surface area contributed by atoms with Gasteiger partial charge in [-0.15, -0.1) is 0 Å². The normalized spacial score (nSPS) is 16.6. The predicted octanol–water partition coefficient (Wildman–Crippen LogP) is 4.21. The van der Waals surface area contributed by atoms with Crippen LogP contribution in [0.2, 0.25) is 0 Å². The standard InChI is InChI=1S/C25H21F3N6O2/c1-15-9-18(16-5-2-3-6-17(16)25(26,27)28)32-34-19(10-29-22(15)34)23(35)31-20-7-4-8-21(30-20)33-11-24(12-33)13-36-14-24/h2-10H,11-14H2,1H3,(H,30,31,35). The maximum atomic E-state index is 13.6. The van der Waals surface area contributed by atoms with Crippen LogP contribution in [0.15, 0.2) is 54.7 Å². The quantitative estimate of drug-likeness (QED) is 0.458. The fraction of sp³-hybridized carbons (Fsp3) is 0.280. The molecule has 3 aromatic heterocycles. The number of halogens is 3. The van der Waals surface area contributed by atoms with Gasteiger partial charge in [-0.2, -0.15) is 18.3 Å². The lowest BCUT2D eigenvalue weighted by molar-refractivity contribution is -0.137. The van der Waals surface area contributed by atoms with E-state index in [1.165, 1.54) is 35.0 Å². The molecule has 1 spiro atoms. The van der Waals surface area contributed by atoms with E-state index in [-0.39, 0.29) is 22.4 Å². The first-order valence-corrected chi connectivity index (χ1v) is 11.4. The third-order valence-corrected chi connectivity index (χ3v) is 6.56. The molecule has 11 heteroatoms. The minimum atomic E-state index is -4.55. The summed E-state index contributed by atoms with van der Waals surface area (Å²) in [5.41, 5.74) is 0.487. The summed E-state index contributed by atoms with van der Waals surface area (Å²) in [6.07, 6.45) is -3.20. The van der Waals surface area contributed by atoms with Crippen LogP contribution in [0, 0.1) is 12.3 Å². The van der Waals surface area contributed by atoms with Gasteiger partial charge in [0.15, 0.2) is 11.3 Å². The Kier molecular flexibility index (Phi) is 5.01. The Hall–Kier alpha value is -3.99. The Morgan fingerprint density at radius 1 is 1.11 bits per heavy atom. The maximum Gasteiger partial charge on any atom is 0.417 e. The van der Waals surface area contributed by atoms with Crippen LogP contribution in [0.3, 0.4) is 0 Å². The van der Waals surface area contributed by atoms with Gasteiger partial charge in [-0.3, -0.25) is 4.79 Å². The first-order chi connectivity index (χ1) is 17.2. The zero-order chi connectivity index (χ0) is 25.1. The van der Waals surface area contributed by atoms with E-state index in [1.54, 1.807) is 13.0 Å². The van der Waals surface area contributed by atoms with E-state index in [4.69, 9.17) is 4.74 Å². The van der Waals surface area contributed by atoms with Gasteiger partial charge in [0.1, 0.15) is 11.6 Å². The topological polar surface area (TPSA) is 84.7 Å². The van der Waals surface area contributed by atoms with E-state index in [0.717, 1.165) is 38.2 Å². The Bertz CT molecular complexity index is 1490. The van der Waals surface area contributed by atoms with Crippen LogP contribution >= 0.6 is 0 Å². The molecule has 2 fully saturated rings. The van der Waals surface area contributed by atoms with Gasteiger partial charge in [0.2, 0.25) is 0 Å². The largest absolute Gasteiger partial charge is 0.417 e. The highest BCUT2D eigenvalue weighted by atomic mass is 19.4. The average molecular weight is 494 g/mol. The van der Waals surface area contributed by atoms with Crippen LogP contribution in [-0.2, 0) is 10.9 Å². The number of hydrogen-bond acceptors (Lipinski definition) is 6. The number of amides is 1. The monoisotopic (exact) mass is 494 g/mol. The van der Waals surface area contributed by atoms with E-state index in [9.17, 15) is 18.0 Å². The summed E-state index contributed by atoms with van der Waals surface area (Å²) in [5, 5.41) is 7.12. The van der Waals surface area contributed by atoms with Crippen molar-refractivity contribution in [3.05, 3.63) is 71.5 Å². The van der Waals surface area contributed by atoms with Crippen molar-refractivity contribution in [2.24, 2.45) is 5.41 Å². The number of anilines is 2. The minimum absolute atomic E-state index is 0.0754. The van der Waals surface area contributed by atoms with Gasteiger partial charge in [-0.25, -0.2) is 14.5 Å². The van der Waals surface area contributed by atoms with Crippen molar-refractivity contribution in [2.45, 2.75) is 13.1 Å². The molecule has 5 heterocycles. The first-order valence-electron chi connectivity index (χ1n) is 11.4. The molecule has 8 nitrogen and oxygen atoms in total. The molecule has 0 aliphatic carbocycles. The van der Waals surface area contributed by atoms with Crippen molar-refractivity contribution < 1.29 is 22.7 Å². The molecule has 0 radical (unpaired) electrons. The number of imidazole rings is 1. The van der Waals surface area contributed by atoms with Crippen molar-refractivity contribution in [2.75, 3.05) is 36.5 Å². The van der Waals surface area contributed by atoms with Crippen LogP contribution in [0.1, 0.15) is 21.6 Å². The number of fused-ring (bicyclic) bond motifs is 1. The molecule has 0 bridgehead atoms. The van der Waals surface area contributed by atoms with E-state index in [0.29, 0.717) is 17.0 Å². The van der Waals surface area contributed by atoms with Crippen LogP contribution in [0.5, 0.6) is 0 Å². The molecule has 1 N–H and O–H groups in total. The van der Waals surface area contributed by atoms with Crippen LogP contribution < -0.4 is 10.2 Å². The number of carbonyl (C=O) groups is 1. The van der Waals surface area contributed by atoms with Gasteiger partial charge in [-0.1, -0.05) is 24.3 Å².